The van der Waals surface area contributed by atoms with E-state index in [2.05, 4.69) is 10.5 Å². The van der Waals surface area contributed by atoms with Gasteiger partial charge in [-0.3, -0.25) is 9.59 Å². The number of hydrogen-bond acceptors (Lipinski definition) is 5. The molecule has 0 radical (unpaired) electrons. The Morgan fingerprint density at radius 2 is 2.18 bits per heavy atom. The van der Waals surface area contributed by atoms with Crippen LogP contribution in [-0.4, -0.2) is 12.1 Å². The predicted octanol–water partition coefficient (Wildman–Crippen LogP) is 2.93. The molecule has 0 aliphatic heterocycles. The van der Waals surface area contributed by atoms with E-state index in [1.807, 2.05) is 6.92 Å². The summed E-state index contributed by atoms with van der Waals surface area (Å²) in [6.45, 7) is 1.92. The molecule has 3 aromatic rings. The molecule has 110 valence electrons. The topological polar surface area (TPSA) is 71.7 Å². The van der Waals surface area contributed by atoms with E-state index in [4.69, 9.17) is 4.42 Å². The summed E-state index contributed by atoms with van der Waals surface area (Å²) >= 11 is 1.49. The average molecular weight is 312 g/mol. The van der Waals surface area contributed by atoms with Crippen LogP contribution in [0.3, 0.4) is 0 Å². The second-order valence-corrected chi connectivity index (χ2v) is 5.78. The molecule has 22 heavy (non-hydrogen) atoms. The summed E-state index contributed by atoms with van der Waals surface area (Å²) in [7, 11) is 0. The molecule has 3 rings (SSSR count). The third kappa shape index (κ3) is 2.82. The van der Waals surface area contributed by atoms with Gasteiger partial charge in [0.05, 0.1) is 22.7 Å². The number of para-hydroxylation sites is 1. The maximum absolute atomic E-state index is 12.2. The molecule has 0 aliphatic rings. The molecule has 0 bridgehead atoms. The number of rotatable bonds is 3. The molecule has 0 spiro atoms. The van der Waals surface area contributed by atoms with Crippen LogP contribution < -0.4 is 10.9 Å². The number of amides is 1. The van der Waals surface area contributed by atoms with E-state index in [1.165, 1.54) is 23.8 Å². The van der Waals surface area contributed by atoms with E-state index in [-0.39, 0.29) is 16.9 Å². The molecule has 0 saturated heterocycles. The Morgan fingerprint density at radius 1 is 1.36 bits per heavy atom. The molecule has 0 atom stereocenters. The number of fused-ring (bicyclic) bond motifs is 1. The largest absolute Gasteiger partial charge is 0.463 e. The average Bonchev–Trinajstić information content (AvgIpc) is 2.96. The Bertz CT molecular complexity index is 924. The highest BCUT2D eigenvalue weighted by molar-refractivity contribution is 7.10. The summed E-state index contributed by atoms with van der Waals surface area (Å²) in [5.41, 5.74) is 3.54. The number of thiophene rings is 1. The van der Waals surface area contributed by atoms with Crippen LogP contribution in [0.4, 0.5) is 0 Å². The summed E-state index contributed by atoms with van der Waals surface area (Å²) in [6, 6.07) is 8.74. The minimum atomic E-state index is -0.314. The molecule has 1 N–H and O–H groups in total. The second kappa shape index (κ2) is 5.95. The van der Waals surface area contributed by atoms with Gasteiger partial charge in [-0.1, -0.05) is 12.1 Å². The van der Waals surface area contributed by atoms with Gasteiger partial charge >= 0.3 is 0 Å². The summed E-state index contributed by atoms with van der Waals surface area (Å²) < 4.78 is 5.37. The zero-order valence-corrected chi connectivity index (χ0v) is 12.5. The first-order valence-electron chi connectivity index (χ1n) is 6.54. The fourth-order valence-electron chi connectivity index (χ4n) is 1.97. The molecular formula is C16H12N2O3S. The van der Waals surface area contributed by atoms with Crippen molar-refractivity contribution in [3.8, 4) is 0 Å². The SMILES string of the molecule is Cc1cc(C(=O)N/N=C\c2coc3ccccc3c2=O)cs1. The summed E-state index contributed by atoms with van der Waals surface area (Å²) in [6.07, 6.45) is 2.62. The predicted molar refractivity (Wildman–Crippen MR) is 86.6 cm³/mol. The van der Waals surface area contributed by atoms with E-state index < -0.39 is 0 Å². The number of hydrogen-bond donors (Lipinski definition) is 1. The van der Waals surface area contributed by atoms with Crippen LogP contribution in [0, 0.1) is 6.92 Å². The quantitative estimate of drug-likeness (QED) is 0.597. The van der Waals surface area contributed by atoms with Crippen molar-refractivity contribution in [2.24, 2.45) is 5.10 Å². The van der Waals surface area contributed by atoms with Crippen molar-refractivity contribution in [2.45, 2.75) is 6.92 Å². The summed E-state index contributed by atoms with van der Waals surface area (Å²) in [5.74, 6) is -0.314. The third-order valence-electron chi connectivity index (χ3n) is 3.07. The van der Waals surface area contributed by atoms with Gasteiger partial charge in [-0.25, -0.2) is 5.43 Å². The van der Waals surface area contributed by atoms with Crippen molar-refractivity contribution >= 4 is 34.4 Å². The lowest BCUT2D eigenvalue weighted by Gasteiger charge is -1.98. The Balaban J connectivity index is 1.80. The van der Waals surface area contributed by atoms with Crippen LogP contribution in [-0.2, 0) is 0 Å². The standard InChI is InChI=1S/C16H12N2O3S/c1-10-6-11(9-22-10)16(20)18-17-7-12-8-21-14-5-3-2-4-13(14)15(12)19/h2-9H,1H3,(H,18,20)/b17-7-. The monoisotopic (exact) mass is 312 g/mol. The lowest BCUT2D eigenvalue weighted by atomic mass is 10.2. The molecule has 5 nitrogen and oxygen atoms in total. The van der Waals surface area contributed by atoms with Crippen molar-refractivity contribution in [1.82, 2.24) is 5.43 Å². The number of carbonyl (C=O) groups excluding carboxylic acids is 1. The number of carbonyl (C=O) groups is 1. The molecule has 2 aromatic heterocycles. The minimum absolute atomic E-state index is 0.189. The molecule has 0 unspecified atom stereocenters. The number of aryl methyl sites for hydroxylation is 1. The number of nitrogens with one attached hydrogen (secondary N) is 1. The van der Waals surface area contributed by atoms with Crippen molar-refractivity contribution in [2.75, 3.05) is 0 Å². The summed E-state index contributed by atoms with van der Waals surface area (Å²) in [5, 5.41) is 6.05. The van der Waals surface area contributed by atoms with Gasteiger partial charge in [0.2, 0.25) is 5.43 Å². The first-order valence-corrected chi connectivity index (χ1v) is 7.42. The highest BCUT2D eigenvalue weighted by Crippen LogP contribution is 2.12. The van der Waals surface area contributed by atoms with Gasteiger partial charge in [0.1, 0.15) is 11.8 Å². The van der Waals surface area contributed by atoms with E-state index in [9.17, 15) is 9.59 Å². The minimum Gasteiger partial charge on any atom is -0.463 e. The van der Waals surface area contributed by atoms with Crippen molar-refractivity contribution < 1.29 is 9.21 Å². The van der Waals surface area contributed by atoms with Crippen molar-refractivity contribution in [3.05, 3.63) is 68.2 Å². The fraction of sp³-hybridized carbons (Fsp3) is 0.0625. The molecule has 1 aromatic carbocycles. The van der Waals surface area contributed by atoms with Crippen LogP contribution in [0.15, 0.2) is 56.3 Å². The van der Waals surface area contributed by atoms with E-state index >= 15 is 0 Å². The Hall–Kier alpha value is -2.73. The smallest absolute Gasteiger partial charge is 0.272 e. The molecular weight excluding hydrogens is 300 g/mol. The van der Waals surface area contributed by atoms with Gasteiger partial charge in [0.25, 0.3) is 5.91 Å². The van der Waals surface area contributed by atoms with Crippen LogP contribution in [0.2, 0.25) is 0 Å². The van der Waals surface area contributed by atoms with Gasteiger partial charge in [-0.2, -0.15) is 5.10 Å². The lowest BCUT2D eigenvalue weighted by Crippen LogP contribution is -2.18. The molecule has 0 saturated carbocycles. The first kappa shape index (κ1) is 14.2. The van der Waals surface area contributed by atoms with Crippen LogP contribution >= 0.6 is 11.3 Å². The molecule has 2 heterocycles. The third-order valence-corrected chi connectivity index (χ3v) is 3.93. The maximum Gasteiger partial charge on any atom is 0.272 e. The van der Waals surface area contributed by atoms with Gasteiger partial charge < -0.3 is 4.42 Å². The molecule has 1 amide bonds. The van der Waals surface area contributed by atoms with Crippen LogP contribution in [0.1, 0.15) is 20.8 Å². The highest BCUT2D eigenvalue weighted by atomic mass is 32.1. The zero-order chi connectivity index (χ0) is 15.5. The second-order valence-electron chi connectivity index (χ2n) is 4.66. The Morgan fingerprint density at radius 3 is 2.95 bits per heavy atom. The summed E-state index contributed by atoms with van der Waals surface area (Å²) in [4.78, 5) is 25.1. The van der Waals surface area contributed by atoms with E-state index in [0.29, 0.717) is 16.5 Å². The maximum atomic E-state index is 12.2. The molecule has 0 aliphatic carbocycles. The van der Waals surface area contributed by atoms with Crippen LogP contribution in [0.5, 0.6) is 0 Å². The van der Waals surface area contributed by atoms with Crippen molar-refractivity contribution in [1.29, 1.82) is 0 Å². The molecule has 6 heteroatoms. The van der Waals surface area contributed by atoms with Gasteiger partial charge in [-0.05, 0) is 25.1 Å². The Labute approximate surface area is 129 Å². The van der Waals surface area contributed by atoms with E-state index in [0.717, 1.165) is 4.88 Å². The first-order chi connectivity index (χ1) is 10.6. The van der Waals surface area contributed by atoms with Gasteiger partial charge in [-0.15, -0.1) is 11.3 Å². The zero-order valence-electron chi connectivity index (χ0n) is 11.7. The normalized spacial score (nSPS) is 11.1. The van der Waals surface area contributed by atoms with Gasteiger partial charge in [0.15, 0.2) is 0 Å². The van der Waals surface area contributed by atoms with E-state index in [1.54, 1.807) is 35.7 Å². The number of benzene rings is 1. The number of hydrazone groups is 1. The highest BCUT2D eigenvalue weighted by Gasteiger charge is 2.07. The number of nitrogens with zero attached hydrogens (tertiary/aromatic N) is 1. The van der Waals surface area contributed by atoms with Crippen LogP contribution in [0.25, 0.3) is 11.0 Å². The van der Waals surface area contributed by atoms with Crippen molar-refractivity contribution in [3.63, 3.8) is 0 Å². The molecule has 0 fully saturated rings. The van der Waals surface area contributed by atoms with Gasteiger partial charge in [0, 0.05) is 10.3 Å². The Kier molecular flexibility index (Phi) is 3.84. The lowest BCUT2D eigenvalue weighted by molar-refractivity contribution is 0.0955. The fourth-order valence-corrected chi connectivity index (χ4v) is 2.65.